The van der Waals surface area contributed by atoms with Crippen molar-refractivity contribution in [3.05, 3.63) is 61.6 Å². The summed E-state index contributed by atoms with van der Waals surface area (Å²) in [6.07, 6.45) is 0. The van der Waals surface area contributed by atoms with Crippen LogP contribution in [0.5, 0.6) is 0 Å². The summed E-state index contributed by atoms with van der Waals surface area (Å²) < 4.78 is 26.8. The Labute approximate surface area is 130 Å². The molecule has 0 saturated heterocycles. The summed E-state index contributed by atoms with van der Waals surface area (Å²) in [5.41, 5.74) is 0.810. The van der Waals surface area contributed by atoms with E-state index < -0.39 is 11.7 Å². The first-order valence-electron chi connectivity index (χ1n) is 5.19. The summed E-state index contributed by atoms with van der Waals surface area (Å²) in [4.78, 5) is 12.0. The minimum atomic E-state index is -0.431. The molecule has 0 heterocycles. The average molecular weight is 438 g/mol. The van der Waals surface area contributed by atoms with Gasteiger partial charge in [0.15, 0.2) is 0 Å². The van der Waals surface area contributed by atoms with Crippen molar-refractivity contribution in [3.63, 3.8) is 0 Å². The van der Waals surface area contributed by atoms with Crippen molar-refractivity contribution >= 4 is 50.1 Å². The molecule has 0 aromatic heterocycles. The van der Waals surface area contributed by atoms with E-state index in [0.29, 0.717) is 19.3 Å². The van der Waals surface area contributed by atoms with Gasteiger partial charge in [-0.05, 0) is 74.9 Å². The van der Waals surface area contributed by atoms with Gasteiger partial charge in [0.25, 0.3) is 5.91 Å². The molecule has 0 saturated carbocycles. The Morgan fingerprint density at radius 1 is 1.11 bits per heavy atom. The van der Waals surface area contributed by atoms with Crippen molar-refractivity contribution in [2.24, 2.45) is 0 Å². The largest absolute Gasteiger partial charge is 0.321 e. The van der Waals surface area contributed by atoms with E-state index in [9.17, 15) is 13.6 Å². The highest BCUT2D eigenvalue weighted by molar-refractivity contribution is 14.1. The Hall–Kier alpha value is -1.02. The predicted molar refractivity (Wildman–Crippen MR) is 81.2 cm³/mol. The van der Waals surface area contributed by atoms with E-state index in [1.165, 1.54) is 36.4 Å². The minimum Gasteiger partial charge on any atom is -0.321 e. The molecule has 0 fully saturated rings. The molecule has 0 aliphatic rings. The molecule has 0 aliphatic heterocycles. The number of anilines is 1. The monoisotopic (exact) mass is 437 g/mol. The molecule has 0 bridgehead atoms. The Balaban J connectivity index is 2.25. The van der Waals surface area contributed by atoms with Gasteiger partial charge in [-0.2, -0.15) is 0 Å². The molecule has 2 rings (SSSR count). The third-order valence-electron chi connectivity index (χ3n) is 2.36. The van der Waals surface area contributed by atoms with Crippen molar-refractivity contribution in [2.75, 3.05) is 5.32 Å². The average Bonchev–Trinajstić information content (AvgIpc) is 2.32. The van der Waals surface area contributed by atoms with E-state index in [1.807, 2.05) is 22.6 Å². The summed E-state index contributed by atoms with van der Waals surface area (Å²) in [6.45, 7) is 0. The summed E-state index contributed by atoms with van der Waals surface area (Å²) in [7, 11) is 0. The summed E-state index contributed by atoms with van der Waals surface area (Å²) >= 11 is 5.05. The second-order valence-electron chi connectivity index (χ2n) is 3.70. The van der Waals surface area contributed by atoms with Crippen LogP contribution < -0.4 is 5.32 Å². The second kappa shape index (κ2) is 5.96. The number of nitrogens with one attached hydrogen (secondary N) is 1. The SMILES string of the molecule is O=C(Nc1ccc(F)cc1I)c1ccc(F)cc1Br. The van der Waals surface area contributed by atoms with Crippen molar-refractivity contribution < 1.29 is 13.6 Å². The highest BCUT2D eigenvalue weighted by Crippen LogP contribution is 2.22. The van der Waals surface area contributed by atoms with E-state index >= 15 is 0 Å². The van der Waals surface area contributed by atoms with Gasteiger partial charge in [-0.3, -0.25) is 4.79 Å². The third kappa shape index (κ3) is 3.50. The van der Waals surface area contributed by atoms with Gasteiger partial charge in [0, 0.05) is 8.04 Å². The van der Waals surface area contributed by atoms with Gasteiger partial charge in [-0.25, -0.2) is 8.78 Å². The second-order valence-corrected chi connectivity index (χ2v) is 5.72. The lowest BCUT2D eigenvalue weighted by molar-refractivity contribution is 0.102. The lowest BCUT2D eigenvalue weighted by Gasteiger charge is -2.08. The van der Waals surface area contributed by atoms with Crippen molar-refractivity contribution in [1.82, 2.24) is 0 Å². The van der Waals surface area contributed by atoms with Crippen molar-refractivity contribution in [2.45, 2.75) is 0 Å². The maximum Gasteiger partial charge on any atom is 0.256 e. The lowest BCUT2D eigenvalue weighted by Crippen LogP contribution is -2.13. The first kappa shape index (κ1) is 14.4. The molecule has 0 unspecified atom stereocenters. The Morgan fingerprint density at radius 3 is 2.37 bits per heavy atom. The van der Waals surface area contributed by atoms with Crippen LogP contribution in [0, 0.1) is 15.2 Å². The first-order chi connectivity index (χ1) is 8.97. The zero-order valence-electron chi connectivity index (χ0n) is 9.38. The van der Waals surface area contributed by atoms with Gasteiger partial charge >= 0.3 is 0 Å². The van der Waals surface area contributed by atoms with E-state index in [0.717, 1.165) is 0 Å². The number of amides is 1. The fraction of sp³-hybridized carbons (Fsp3) is 0. The molecule has 2 aromatic carbocycles. The molecule has 1 amide bonds. The highest BCUT2D eigenvalue weighted by Gasteiger charge is 2.12. The quantitative estimate of drug-likeness (QED) is 0.684. The molecule has 2 aromatic rings. The van der Waals surface area contributed by atoms with E-state index in [1.54, 1.807) is 0 Å². The van der Waals surface area contributed by atoms with Crippen LogP contribution in [-0.2, 0) is 0 Å². The number of benzene rings is 2. The van der Waals surface area contributed by atoms with Gasteiger partial charge in [-0.1, -0.05) is 0 Å². The van der Waals surface area contributed by atoms with E-state index in [2.05, 4.69) is 21.2 Å². The molecule has 0 spiro atoms. The van der Waals surface area contributed by atoms with Gasteiger partial charge in [-0.15, -0.1) is 0 Å². The van der Waals surface area contributed by atoms with Crippen LogP contribution >= 0.6 is 38.5 Å². The fourth-order valence-electron chi connectivity index (χ4n) is 1.45. The van der Waals surface area contributed by atoms with E-state index in [-0.39, 0.29) is 5.82 Å². The molecule has 6 heteroatoms. The van der Waals surface area contributed by atoms with Crippen LogP contribution in [0.1, 0.15) is 10.4 Å². The van der Waals surface area contributed by atoms with Crippen molar-refractivity contribution in [3.8, 4) is 0 Å². The summed E-state index contributed by atoms with van der Waals surface area (Å²) in [6, 6.07) is 7.85. The van der Waals surface area contributed by atoms with Gasteiger partial charge in [0.2, 0.25) is 0 Å². The zero-order chi connectivity index (χ0) is 14.0. The maximum absolute atomic E-state index is 12.9. The van der Waals surface area contributed by atoms with Crippen LogP contribution in [0.2, 0.25) is 0 Å². The van der Waals surface area contributed by atoms with E-state index in [4.69, 9.17) is 0 Å². The van der Waals surface area contributed by atoms with Crippen LogP contribution in [0.4, 0.5) is 14.5 Å². The first-order valence-corrected chi connectivity index (χ1v) is 7.06. The van der Waals surface area contributed by atoms with Gasteiger partial charge < -0.3 is 5.32 Å². The molecule has 0 atom stereocenters. The maximum atomic E-state index is 12.9. The van der Waals surface area contributed by atoms with Gasteiger partial charge in [0.05, 0.1) is 11.3 Å². The molecule has 0 aliphatic carbocycles. The number of hydrogen-bond donors (Lipinski definition) is 1. The molecular weight excluding hydrogens is 431 g/mol. The normalized spacial score (nSPS) is 10.3. The van der Waals surface area contributed by atoms with Crippen molar-refractivity contribution in [1.29, 1.82) is 0 Å². The Kier molecular flexibility index (Phi) is 4.51. The standard InChI is InChI=1S/C13H7BrF2INO/c14-10-5-7(15)1-3-9(10)13(19)18-12-4-2-8(16)6-11(12)17/h1-6H,(H,18,19). The summed E-state index contributed by atoms with van der Waals surface area (Å²) in [5.74, 6) is -1.19. The third-order valence-corrected chi connectivity index (χ3v) is 3.90. The molecule has 0 radical (unpaired) electrons. The van der Waals surface area contributed by atoms with Crippen LogP contribution in [0.3, 0.4) is 0 Å². The highest BCUT2D eigenvalue weighted by atomic mass is 127. The Morgan fingerprint density at radius 2 is 1.74 bits per heavy atom. The number of rotatable bonds is 2. The molecule has 98 valence electrons. The fourth-order valence-corrected chi connectivity index (χ4v) is 2.60. The zero-order valence-corrected chi connectivity index (χ0v) is 13.1. The number of carbonyl (C=O) groups is 1. The molecular formula is C13H7BrF2INO. The Bertz CT molecular complexity index is 649. The number of halogens is 4. The lowest BCUT2D eigenvalue weighted by atomic mass is 10.2. The topological polar surface area (TPSA) is 29.1 Å². The summed E-state index contributed by atoms with van der Waals surface area (Å²) in [5, 5.41) is 2.65. The molecule has 1 N–H and O–H groups in total. The minimum absolute atomic E-state index is 0.307. The van der Waals surface area contributed by atoms with Crippen LogP contribution in [0.25, 0.3) is 0 Å². The molecule has 19 heavy (non-hydrogen) atoms. The molecule has 2 nitrogen and oxygen atoms in total. The van der Waals surface area contributed by atoms with Crippen LogP contribution in [0.15, 0.2) is 40.9 Å². The number of hydrogen-bond acceptors (Lipinski definition) is 1. The number of carbonyl (C=O) groups excluding carboxylic acids is 1. The van der Waals surface area contributed by atoms with Gasteiger partial charge in [0.1, 0.15) is 11.6 Å². The smallest absolute Gasteiger partial charge is 0.256 e. The predicted octanol–water partition coefficient (Wildman–Crippen LogP) is 4.58. The van der Waals surface area contributed by atoms with Crippen LogP contribution in [-0.4, -0.2) is 5.91 Å².